The van der Waals surface area contributed by atoms with Gasteiger partial charge < -0.3 is 5.11 Å². The number of sulfonamides is 1. The van der Waals surface area contributed by atoms with Crippen molar-refractivity contribution in [3.8, 4) is 0 Å². The van der Waals surface area contributed by atoms with Gasteiger partial charge in [-0.15, -0.1) is 0 Å². The van der Waals surface area contributed by atoms with Crippen molar-refractivity contribution >= 4 is 16.0 Å². The van der Waals surface area contributed by atoms with Crippen LogP contribution in [0.4, 0.5) is 8.78 Å². The minimum absolute atomic E-state index is 0.0428. The molecule has 1 aromatic rings. The zero-order valence-corrected chi connectivity index (χ0v) is 11.6. The molecule has 0 heterocycles. The standard InChI is InChI=1S/C12H15F2NO4S/c1-2-3-7-10(12(16)17)15-20(18,19)11-8(13)5-4-6-9(11)14/h4-6,10,15H,2-3,7H2,1H3,(H,16,17)/t10-/m0/s1. The van der Waals surface area contributed by atoms with Gasteiger partial charge in [0.2, 0.25) is 10.0 Å². The Hall–Kier alpha value is -1.54. The van der Waals surface area contributed by atoms with E-state index < -0.39 is 38.6 Å². The van der Waals surface area contributed by atoms with Crippen LogP contribution in [-0.4, -0.2) is 25.5 Å². The molecule has 0 aliphatic heterocycles. The molecule has 1 rings (SSSR count). The van der Waals surface area contributed by atoms with Crippen molar-refractivity contribution in [3.05, 3.63) is 29.8 Å². The third kappa shape index (κ3) is 3.97. The van der Waals surface area contributed by atoms with Crippen molar-refractivity contribution in [1.82, 2.24) is 4.72 Å². The van der Waals surface area contributed by atoms with Gasteiger partial charge in [0.25, 0.3) is 0 Å². The molecule has 0 saturated heterocycles. The lowest BCUT2D eigenvalue weighted by atomic mass is 10.1. The predicted molar refractivity (Wildman–Crippen MR) is 67.6 cm³/mol. The van der Waals surface area contributed by atoms with E-state index in [0.29, 0.717) is 12.8 Å². The summed E-state index contributed by atoms with van der Waals surface area (Å²) in [6.07, 6.45) is 1.18. The van der Waals surface area contributed by atoms with Gasteiger partial charge in [-0.25, -0.2) is 17.2 Å². The molecular formula is C12H15F2NO4S. The highest BCUT2D eigenvalue weighted by molar-refractivity contribution is 7.89. The molecule has 112 valence electrons. The van der Waals surface area contributed by atoms with Crippen LogP contribution in [0.2, 0.25) is 0 Å². The van der Waals surface area contributed by atoms with E-state index in [1.807, 2.05) is 11.6 Å². The summed E-state index contributed by atoms with van der Waals surface area (Å²) in [5, 5.41) is 8.93. The molecule has 0 aliphatic carbocycles. The molecule has 0 fully saturated rings. The number of benzene rings is 1. The first-order chi connectivity index (χ1) is 9.29. The van der Waals surface area contributed by atoms with Crippen LogP contribution in [0.1, 0.15) is 26.2 Å². The van der Waals surface area contributed by atoms with E-state index in [-0.39, 0.29) is 6.42 Å². The summed E-state index contributed by atoms with van der Waals surface area (Å²) in [5.41, 5.74) is 0. The molecule has 0 bridgehead atoms. The van der Waals surface area contributed by atoms with E-state index >= 15 is 0 Å². The molecule has 0 spiro atoms. The van der Waals surface area contributed by atoms with Crippen molar-refractivity contribution in [2.45, 2.75) is 37.1 Å². The molecule has 20 heavy (non-hydrogen) atoms. The highest BCUT2D eigenvalue weighted by Crippen LogP contribution is 2.19. The summed E-state index contributed by atoms with van der Waals surface area (Å²) in [6.45, 7) is 1.81. The van der Waals surface area contributed by atoms with E-state index in [1.54, 1.807) is 0 Å². The Morgan fingerprint density at radius 2 is 1.90 bits per heavy atom. The Morgan fingerprint density at radius 1 is 1.35 bits per heavy atom. The Morgan fingerprint density at radius 3 is 2.35 bits per heavy atom. The molecule has 0 saturated carbocycles. The molecule has 1 atom stereocenters. The van der Waals surface area contributed by atoms with Crippen LogP contribution in [0, 0.1) is 11.6 Å². The average molecular weight is 307 g/mol. The highest BCUT2D eigenvalue weighted by Gasteiger charge is 2.29. The SMILES string of the molecule is CCCC[C@H](NS(=O)(=O)c1c(F)cccc1F)C(=O)O. The molecular weight excluding hydrogens is 292 g/mol. The van der Waals surface area contributed by atoms with Crippen molar-refractivity contribution in [3.63, 3.8) is 0 Å². The first kappa shape index (κ1) is 16.5. The maximum Gasteiger partial charge on any atom is 0.321 e. The van der Waals surface area contributed by atoms with E-state index in [2.05, 4.69) is 0 Å². The number of hydrogen-bond donors (Lipinski definition) is 2. The molecule has 8 heteroatoms. The largest absolute Gasteiger partial charge is 0.480 e. The van der Waals surface area contributed by atoms with Crippen LogP contribution >= 0.6 is 0 Å². The zero-order valence-electron chi connectivity index (χ0n) is 10.8. The summed E-state index contributed by atoms with van der Waals surface area (Å²) in [5.74, 6) is -3.92. The lowest BCUT2D eigenvalue weighted by Crippen LogP contribution is -2.41. The van der Waals surface area contributed by atoms with Gasteiger partial charge in [0.15, 0.2) is 4.90 Å². The number of nitrogens with one attached hydrogen (secondary N) is 1. The highest BCUT2D eigenvalue weighted by atomic mass is 32.2. The second kappa shape index (κ2) is 6.76. The van der Waals surface area contributed by atoms with Crippen LogP contribution in [0.3, 0.4) is 0 Å². The molecule has 0 radical (unpaired) electrons. The van der Waals surface area contributed by atoms with E-state index in [4.69, 9.17) is 5.11 Å². The van der Waals surface area contributed by atoms with Gasteiger partial charge in [0.05, 0.1) is 0 Å². The number of carboxylic acid groups (broad SMARTS) is 1. The number of unbranched alkanes of at least 4 members (excludes halogenated alkanes) is 1. The van der Waals surface area contributed by atoms with Gasteiger partial charge >= 0.3 is 5.97 Å². The number of aliphatic carboxylic acids is 1. The molecule has 2 N–H and O–H groups in total. The second-order valence-electron chi connectivity index (χ2n) is 4.21. The molecule has 0 aliphatic rings. The number of hydrogen-bond acceptors (Lipinski definition) is 3. The van der Waals surface area contributed by atoms with Crippen molar-refractivity contribution < 1.29 is 27.1 Å². The lowest BCUT2D eigenvalue weighted by Gasteiger charge is -2.15. The summed E-state index contributed by atoms with van der Waals surface area (Å²) >= 11 is 0. The normalized spacial score (nSPS) is 13.2. The minimum Gasteiger partial charge on any atom is -0.480 e. The number of rotatable bonds is 7. The number of carbonyl (C=O) groups is 1. The van der Waals surface area contributed by atoms with Gasteiger partial charge in [-0.1, -0.05) is 25.8 Å². The Labute approximate surface area is 115 Å². The maximum atomic E-state index is 13.4. The monoisotopic (exact) mass is 307 g/mol. The van der Waals surface area contributed by atoms with Crippen molar-refractivity contribution in [1.29, 1.82) is 0 Å². The van der Waals surface area contributed by atoms with Crippen LogP contribution in [0.5, 0.6) is 0 Å². The summed E-state index contributed by atoms with van der Waals surface area (Å²) in [4.78, 5) is 9.81. The van der Waals surface area contributed by atoms with Crippen LogP contribution in [0.15, 0.2) is 23.1 Å². The van der Waals surface area contributed by atoms with Gasteiger partial charge in [-0.05, 0) is 18.6 Å². The van der Waals surface area contributed by atoms with E-state index in [9.17, 15) is 22.0 Å². The lowest BCUT2D eigenvalue weighted by molar-refractivity contribution is -0.139. The zero-order chi connectivity index (χ0) is 15.3. The second-order valence-corrected chi connectivity index (χ2v) is 5.86. The van der Waals surface area contributed by atoms with E-state index in [0.717, 1.165) is 18.2 Å². The van der Waals surface area contributed by atoms with Gasteiger partial charge in [-0.2, -0.15) is 4.72 Å². The minimum atomic E-state index is -4.58. The third-order valence-corrected chi connectivity index (χ3v) is 4.15. The molecule has 0 unspecified atom stereocenters. The van der Waals surface area contributed by atoms with Crippen molar-refractivity contribution in [2.24, 2.45) is 0 Å². The van der Waals surface area contributed by atoms with E-state index in [1.165, 1.54) is 0 Å². The number of carboxylic acids is 1. The summed E-state index contributed by atoms with van der Waals surface area (Å²) in [6, 6.07) is 1.19. The van der Waals surface area contributed by atoms with Crippen LogP contribution in [0.25, 0.3) is 0 Å². The Kier molecular flexibility index (Phi) is 5.58. The molecule has 0 amide bonds. The van der Waals surface area contributed by atoms with Gasteiger partial charge in [-0.3, -0.25) is 4.79 Å². The molecule has 1 aromatic carbocycles. The first-order valence-electron chi connectivity index (χ1n) is 5.98. The topological polar surface area (TPSA) is 83.5 Å². The van der Waals surface area contributed by atoms with Crippen LogP contribution in [-0.2, 0) is 14.8 Å². The predicted octanol–water partition coefficient (Wildman–Crippen LogP) is 1.89. The molecule has 5 nitrogen and oxygen atoms in total. The number of halogens is 2. The fourth-order valence-corrected chi connectivity index (χ4v) is 2.99. The van der Waals surface area contributed by atoms with Crippen molar-refractivity contribution in [2.75, 3.05) is 0 Å². The Bertz CT molecular complexity index is 569. The maximum absolute atomic E-state index is 13.4. The first-order valence-corrected chi connectivity index (χ1v) is 7.47. The van der Waals surface area contributed by atoms with Gasteiger partial charge in [0, 0.05) is 0 Å². The molecule has 0 aromatic heterocycles. The third-order valence-electron chi connectivity index (χ3n) is 2.63. The summed E-state index contributed by atoms with van der Waals surface area (Å²) in [7, 11) is -4.58. The van der Waals surface area contributed by atoms with Crippen LogP contribution < -0.4 is 4.72 Å². The average Bonchev–Trinajstić information content (AvgIpc) is 2.33. The summed E-state index contributed by atoms with van der Waals surface area (Å²) < 4.78 is 52.5. The van der Waals surface area contributed by atoms with Gasteiger partial charge in [0.1, 0.15) is 17.7 Å². The quantitative estimate of drug-likeness (QED) is 0.805. The smallest absolute Gasteiger partial charge is 0.321 e. The Balaban J connectivity index is 3.07. The fourth-order valence-electron chi connectivity index (χ4n) is 1.63. The fraction of sp³-hybridized carbons (Fsp3) is 0.417.